The van der Waals surface area contributed by atoms with Gasteiger partial charge in [-0.1, -0.05) is 12.1 Å². The van der Waals surface area contributed by atoms with Crippen molar-refractivity contribution in [3.8, 4) is 11.5 Å². The average molecular weight is 490 g/mol. The molecule has 8 heteroatoms. The van der Waals surface area contributed by atoms with Crippen LogP contribution in [0.15, 0.2) is 29.4 Å². The molecule has 2 rings (SSSR count). The number of halogens is 1. The summed E-state index contributed by atoms with van der Waals surface area (Å²) in [6, 6.07) is 5.52. The van der Waals surface area contributed by atoms with E-state index in [1.54, 1.807) is 24.5 Å². The number of aryl methyl sites for hydroxylation is 1. The standard InChI is InChI=1S/C18H26N4O2S.HI/c1-4-19-18(21-11-9-16-22-12-13(2)25-16)20-10-8-14-6-5-7-15(24-3)17(14)23;/h5-7,12,23H,4,8-11H2,1-3H3,(H2,19,20,21);1H. The first kappa shape index (κ1) is 22.5. The van der Waals surface area contributed by atoms with Crippen molar-refractivity contribution in [1.29, 1.82) is 0 Å². The highest BCUT2D eigenvalue weighted by molar-refractivity contribution is 14.0. The normalized spacial score (nSPS) is 11.0. The number of ether oxygens (including phenoxy) is 1. The highest BCUT2D eigenvalue weighted by Crippen LogP contribution is 2.29. The molecule has 0 radical (unpaired) electrons. The third kappa shape index (κ3) is 6.99. The van der Waals surface area contributed by atoms with Gasteiger partial charge in [0, 0.05) is 37.1 Å². The maximum absolute atomic E-state index is 10.1. The van der Waals surface area contributed by atoms with Crippen molar-refractivity contribution in [3.63, 3.8) is 0 Å². The molecular weight excluding hydrogens is 463 g/mol. The molecule has 26 heavy (non-hydrogen) atoms. The molecule has 0 aliphatic rings. The summed E-state index contributed by atoms with van der Waals surface area (Å²) < 4.78 is 5.14. The number of methoxy groups -OCH3 is 1. The number of phenols is 1. The Bertz CT molecular complexity index is 706. The van der Waals surface area contributed by atoms with Gasteiger partial charge < -0.3 is 20.5 Å². The molecule has 0 atom stereocenters. The van der Waals surface area contributed by atoms with Crippen LogP contribution in [0.1, 0.15) is 22.4 Å². The second kappa shape index (κ2) is 11.9. The highest BCUT2D eigenvalue weighted by Gasteiger charge is 2.07. The van der Waals surface area contributed by atoms with Crippen LogP contribution in [0.4, 0.5) is 0 Å². The van der Waals surface area contributed by atoms with Crippen molar-refractivity contribution in [3.05, 3.63) is 39.8 Å². The molecule has 0 spiro atoms. The van der Waals surface area contributed by atoms with Gasteiger partial charge in [0.25, 0.3) is 0 Å². The first-order chi connectivity index (χ1) is 12.1. The lowest BCUT2D eigenvalue weighted by Crippen LogP contribution is -2.38. The fourth-order valence-electron chi connectivity index (χ4n) is 2.37. The number of phenolic OH excluding ortho intramolecular Hbond substituents is 1. The number of aromatic nitrogens is 1. The number of para-hydroxylation sites is 1. The van der Waals surface area contributed by atoms with Crippen LogP contribution in [0.25, 0.3) is 0 Å². The largest absolute Gasteiger partial charge is 0.504 e. The summed E-state index contributed by atoms with van der Waals surface area (Å²) in [6.45, 7) is 6.25. The van der Waals surface area contributed by atoms with Gasteiger partial charge in [-0.25, -0.2) is 4.98 Å². The molecule has 2 aromatic rings. The number of benzene rings is 1. The second-order valence-corrected chi connectivity index (χ2v) is 6.84. The zero-order chi connectivity index (χ0) is 18.1. The first-order valence-electron chi connectivity index (χ1n) is 8.42. The van der Waals surface area contributed by atoms with Crippen molar-refractivity contribution in [1.82, 2.24) is 15.6 Å². The zero-order valence-electron chi connectivity index (χ0n) is 15.4. The Morgan fingerprint density at radius 1 is 1.31 bits per heavy atom. The monoisotopic (exact) mass is 490 g/mol. The van der Waals surface area contributed by atoms with Crippen molar-refractivity contribution in [2.24, 2.45) is 4.99 Å². The lowest BCUT2D eigenvalue weighted by Gasteiger charge is -2.12. The number of hydrogen-bond acceptors (Lipinski definition) is 5. The van der Waals surface area contributed by atoms with Crippen molar-refractivity contribution >= 4 is 41.3 Å². The highest BCUT2D eigenvalue weighted by atomic mass is 127. The van der Waals surface area contributed by atoms with Gasteiger partial charge in [0.2, 0.25) is 0 Å². The minimum Gasteiger partial charge on any atom is -0.504 e. The number of aromatic hydroxyl groups is 1. The van der Waals surface area contributed by atoms with E-state index in [0.717, 1.165) is 29.5 Å². The van der Waals surface area contributed by atoms with Gasteiger partial charge in [-0.15, -0.1) is 35.3 Å². The van der Waals surface area contributed by atoms with Crippen LogP contribution in [-0.2, 0) is 12.8 Å². The maximum atomic E-state index is 10.1. The Balaban J connectivity index is 0.00000338. The lowest BCUT2D eigenvalue weighted by atomic mass is 10.1. The fourth-order valence-corrected chi connectivity index (χ4v) is 3.15. The van der Waals surface area contributed by atoms with Gasteiger partial charge in [-0.3, -0.25) is 4.99 Å². The van der Waals surface area contributed by atoms with E-state index in [2.05, 4.69) is 27.5 Å². The van der Waals surface area contributed by atoms with Crippen LogP contribution in [0.2, 0.25) is 0 Å². The minimum absolute atomic E-state index is 0. The molecule has 0 bridgehead atoms. The van der Waals surface area contributed by atoms with Crippen LogP contribution >= 0.6 is 35.3 Å². The minimum atomic E-state index is 0. The molecule has 144 valence electrons. The van der Waals surface area contributed by atoms with E-state index < -0.39 is 0 Å². The van der Waals surface area contributed by atoms with Crippen molar-refractivity contribution < 1.29 is 9.84 Å². The van der Waals surface area contributed by atoms with Gasteiger partial charge in [-0.2, -0.15) is 0 Å². The van der Waals surface area contributed by atoms with Gasteiger partial charge in [0.15, 0.2) is 17.5 Å². The molecule has 0 unspecified atom stereocenters. The van der Waals surface area contributed by atoms with Crippen LogP contribution in [-0.4, -0.2) is 42.8 Å². The Morgan fingerprint density at radius 2 is 2.12 bits per heavy atom. The van der Waals surface area contributed by atoms with E-state index in [4.69, 9.17) is 4.74 Å². The predicted octanol–water partition coefficient (Wildman–Crippen LogP) is 3.12. The summed E-state index contributed by atoms with van der Waals surface area (Å²) in [5, 5.41) is 17.8. The number of thiazole rings is 1. The molecular formula is C18H27IN4O2S. The molecule has 0 aliphatic heterocycles. The Kier molecular flexibility index (Phi) is 10.3. The Hall–Kier alpha value is -1.55. The third-order valence-electron chi connectivity index (χ3n) is 3.60. The summed E-state index contributed by atoms with van der Waals surface area (Å²) in [5.41, 5.74) is 0.848. The molecule has 0 saturated heterocycles. The van der Waals surface area contributed by atoms with Crippen molar-refractivity contribution in [2.45, 2.75) is 26.7 Å². The van der Waals surface area contributed by atoms with E-state index in [1.807, 2.05) is 25.3 Å². The van der Waals surface area contributed by atoms with E-state index in [0.29, 0.717) is 25.3 Å². The molecule has 1 heterocycles. The van der Waals surface area contributed by atoms with E-state index in [1.165, 1.54) is 4.88 Å². The number of nitrogens with zero attached hydrogens (tertiary/aromatic N) is 2. The topological polar surface area (TPSA) is 78.8 Å². The molecule has 6 nitrogen and oxygen atoms in total. The number of aliphatic imine (C=N–C) groups is 1. The summed E-state index contributed by atoms with van der Waals surface area (Å²) in [5.74, 6) is 1.47. The van der Waals surface area contributed by atoms with Crippen LogP contribution in [0.5, 0.6) is 11.5 Å². The van der Waals surface area contributed by atoms with Crippen LogP contribution in [0, 0.1) is 6.92 Å². The summed E-state index contributed by atoms with van der Waals surface area (Å²) in [6.07, 6.45) is 3.42. The van der Waals surface area contributed by atoms with Gasteiger partial charge in [-0.05, 0) is 31.9 Å². The summed E-state index contributed by atoms with van der Waals surface area (Å²) in [4.78, 5) is 10.2. The van der Waals surface area contributed by atoms with Gasteiger partial charge in [0.05, 0.1) is 12.1 Å². The number of guanidine groups is 1. The SMILES string of the molecule is CCNC(=NCCc1ncc(C)s1)NCCc1cccc(OC)c1O.I. The van der Waals surface area contributed by atoms with E-state index in [-0.39, 0.29) is 29.7 Å². The van der Waals surface area contributed by atoms with E-state index >= 15 is 0 Å². The summed E-state index contributed by atoms with van der Waals surface area (Å²) >= 11 is 1.71. The average Bonchev–Trinajstić information content (AvgIpc) is 3.01. The van der Waals surface area contributed by atoms with Crippen LogP contribution in [0.3, 0.4) is 0 Å². The molecule has 0 saturated carbocycles. The van der Waals surface area contributed by atoms with E-state index in [9.17, 15) is 5.11 Å². The first-order valence-corrected chi connectivity index (χ1v) is 9.24. The fraction of sp³-hybridized carbons (Fsp3) is 0.444. The Morgan fingerprint density at radius 3 is 2.77 bits per heavy atom. The predicted molar refractivity (Wildman–Crippen MR) is 118 cm³/mol. The maximum Gasteiger partial charge on any atom is 0.191 e. The smallest absolute Gasteiger partial charge is 0.191 e. The van der Waals surface area contributed by atoms with Gasteiger partial charge >= 0.3 is 0 Å². The summed E-state index contributed by atoms with van der Waals surface area (Å²) in [7, 11) is 1.55. The molecule has 0 fully saturated rings. The number of rotatable bonds is 8. The molecule has 1 aromatic heterocycles. The zero-order valence-corrected chi connectivity index (χ0v) is 18.6. The molecule has 0 aliphatic carbocycles. The molecule has 3 N–H and O–H groups in total. The molecule has 1 aromatic carbocycles. The molecule has 0 amide bonds. The van der Waals surface area contributed by atoms with Crippen LogP contribution < -0.4 is 15.4 Å². The lowest BCUT2D eigenvalue weighted by molar-refractivity contribution is 0.370. The van der Waals surface area contributed by atoms with Gasteiger partial charge in [0.1, 0.15) is 0 Å². The second-order valence-electron chi connectivity index (χ2n) is 5.52. The number of nitrogens with one attached hydrogen (secondary N) is 2. The quantitative estimate of drug-likeness (QED) is 0.301. The Labute approximate surface area is 176 Å². The number of hydrogen-bond donors (Lipinski definition) is 3. The van der Waals surface area contributed by atoms with Crippen molar-refractivity contribution in [2.75, 3.05) is 26.7 Å². The third-order valence-corrected chi connectivity index (χ3v) is 4.57.